The molecule has 2 aromatic rings. The van der Waals surface area contributed by atoms with Crippen LogP contribution in [0, 0.1) is 0 Å². The second kappa shape index (κ2) is 11.1. The summed E-state index contributed by atoms with van der Waals surface area (Å²) in [5, 5.41) is 2.63. The zero-order valence-electron chi connectivity index (χ0n) is 15.4. The van der Waals surface area contributed by atoms with Gasteiger partial charge in [-0.3, -0.25) is 0 Å². The minimum atomic E-state index is -4.52. The van der Waals surface area contributed by atoms with E-state index in [1.165, 1.54) is 14.2 Å². The van der Waals surface area contributed by atoms with Crippen LogP contribution in [-0.4, -0.2) is 38.3 Å². The van der Waals surface area contributed by atoms with Gasteiger partial charge in [0, 0.05) is 18.0 Å². The number of pyridine rings is 1. The summed E-state index contributed by atoms with van der Waals surface area (Å²) in [4.78, 5) is 7.62. The highest BCUT2D eigenvalue weighted by Crippen LogP contribution is 2.33. The van der Waals surface area contributed by atoms with Crippen molar-refractivity contribution in [3.8, 4) is 17.4 Å². The van der Waals surface area contributed by atoms with Crippen molar-refractivity contribution in [3.63, 3.8) is 0 Å². The Morgan fingerprint density at radius 1 is 1.21 bits per heavy atom. The molecule has 0 fully saturated rings. The zero-order valence-corrected chi connectivity index (χ0v) is 18.5. The van der Waals surface area contributed by atoms with Gasteiger partial charge in [0.1, 0.15) is 11.6 Å². The van der Waals surface area contributed by atoms with E-state index in [-0.39, 0.29) is 54.0 Å². The molecule has 12 heteroatoms. The largest absolute Gasteiger partial charge is 0.493 e. The average molecular weight is 547 g/mol. The van der Waals surface area contributed by atoms with Crippen molar-refractivity contribution in [1.82, 2.24) is 4.98 Å². The van der Waals surface area contributed by atoms with Gasteiger partial charge < -0.3 is 25.3 Å². The Balaban J connectivity index is 0.00000420. The summed E-state index contributed by atoms with van der Waals surface area (Å²) in [5.74, 6) is 1.09. The molecule has 0 saturated heterocycles. The molecule has 1 heterocycles. The Hall–Kier alpha value is -2.15. The first kappa shape index (κ1) is 24.9. The number of aliphatic imine (C=N–C) groups is 1. The van der Waals surface area contributed by atoms with Crippen molar-refractivity contribution in [2.75, 3.05) is 32.7 Å². The molecule has 0 spiro atoms. The molecule has 7 nitrogen and oxygen atoms in total. The third-order valence-electron chi connectivity index (χ3n) is 3.40. The second-order valence-electron chi connectivity index (χ2n) is 5.32. The number of halogens is 5. The summed E-state index contributed by atoms with van der Waals surface area (Å²) >= 11 is 5.76. The monoisotopic (exact) mass is 546 g/mol. The van der Waals surface area contributed by atoms with Gasteiger partial charge in [-0.2, -0.15) is 13.2 Å². The molecular formula is C17H19ClF3IN4O3. The normalized spacial score (nSPS) is 11.4. The van der Waals surface area contributed by atoms with Crippen LogP contribution >= 0.6 is 35.6 Å². The van der Waals surface area contributed by atoms with Gasteiger partial charge in [-0.15, -0.1) is 24.0 Å². The third-order valence-corrected chi connectivity index (χ3v) is 3.67. The molecule has 0 saturated carbocycles. The molecule has 3 N–H and O–H groups in total. The Morgan fingerprint density at radius 3 is 2.48 bits per heavy atom. The third kappa shape index (κ3) is 7.31. The first-order valence-corrected chi connectivity index (χ1v) is 8.27. The van der Waals surface area contributed by atoms with Crippen LogP contribution in [0.1, 0.15) is 5.56 Å². The van der Waals surface area contributed by atoms with Crippen molar-refractivity contribution in [3.05, 3.63) is 41.0 Å². The zero-order chi connectivity index (χ0) is 20.7. The highest BCUT2D eigenvalue weighted by Gasteiger charge is 2.31. The smallest absolute Gasteiger partial charge is 0.417 e. The van der Waals surface area contributed by atoms with E-state index in [4.69, 9.17) is 31.5 Å². The number of alkyl halides is 3. The maximum atomic E-state index is 12.6. The van der Waals surface area contributed by atoms with E-state index in [0.29, 0.717) is 23.4 Å². The fourth-order valence-electron chi connectivity index (χ4n) is 2.10. The highest BCUT2D eigenvalue weighted by molar-refractivity contribution is 14.0. The summed E-state index contributed by atoms with van der Waals surface area (Å²) < 4.78 is 53.3. The minimum Gasteiger partial charge on any atom is -0.493 e. The summed E-state index contributed by atoms with van der Waals surface area (Å²) in [6, 6.07) is 5.87. The molecule has 0 aliphatic carbocycles. The number of guanidine groups is 1. The Morgan fingerprint density at radius 2 is 1.90 bits per heavy atom. The lowest BCUT2D eigenvalue weighted by Crippen LogP contribution is -2.23. The standard InChI is InChI=1S/C17H18ClF3N4O3.HI/c1-26-13-4-3-11(8-14(13)27-2)25-16(22)23-5-6-28-15-12(18)7-10(9-24-15)17(19,20)21;/h3-4,7-9H,5-6H2,1-2H3,(H3,22,23,25);1H. The summed E-state index contributed by atoms with van der Waals surface area (Å²) in [7, 11) is 3.04. The van der Waals surface area contributed by atoms with E-state index < -0.39 is 11.7 Å². The lowest BCUT2D eigenvalue weighted by Gasteiger charge is -2.11. The van der Waals surface area contributed by atoms with E-state index in [0.717, 1.165) is 6.07 Å². The van der Waals surface area contributed by atoms with E-state index in [2.05, 4.69) is 15.3 Å². The first-order chi connectivity index (χ1) is 13.2. The first-order valence-electron chi connectivity index (χ1n) is 7.89. The van der Waals surface area contributed by atoms with E-state index >= 15 is 0 Å². The molecular weight excluding hydrogens is 528 g/mol. The van der Waals surface area contributed by atoms with Gasteiger partial charge in [0.15, 0.2) is 17.5 Å². The number of aromatic nitrogens is 1. The van der Waals surface area contributed by atoms with Crippen molar-refractivity contribution in [2.24, 2.45) is 10.7 Å². The van der Waals surface area contributed by atoms with Crippen molar-refractivity contribution in [1.29, 1.82) is 0 Å². The molecule has 160 valence electrons. The van der Waals surface area contributed by atoms with Gasteiger partial charge in [0.05, 0.1) is 26.3 Å². The molecule has 0 radical (unpaired) electrons. The quantitative estimate of drug-likeness (QED) is 0.234. The molecule has 0 atom stereocenters. The number of benzene rings is 1. The maximum absolute atomic E-state index is 12.6. The van der Waals surface area contributed by atoms with E-state index in [1.807, 2.05) is 0 Å². The van der Waals surface area contributed by atoms with Gasteiger partial charge in [0.25, 0.3) is 0 Å². The fraction of sp³-hybridized carbons (Fsp3) is 0.294. The van der Waals surface area contributed by atoms with Crippen LogP contribution in [0.15, 0.2) is 35.5 Å². The molecule has 0 bridgehead atoms. The van der Waals surface area contributed by atoms with E-state index in [9.17, 15) is 13.2 Å². The molecule has 1 aromatic carbocycles. The van der Waals surface area contributed by atoms with Crippen LogP contribution in [-0.2, 0) is 6.18 Å². The van der Waals surface area contributed by atoms with Gasteiger partial charge >= 0.3 is 6.18 Å². The number of hydrogen-bond donors (Lipinski definition) is 2. The summed E-state index contributed by atoms with van der Waals surface area (Å²) in [5.41, 5.74) is 5.47. The van der Waals surface area contributed by atoms with Crippen molar-refractivity contribution < 1.29 is 27.4 Å². The van der Waals surface area contributed by atoms with Crippen LogP contribution in [0.5, 0.6) is 17.4 Å². The number of nitrogens with two attached hydrogens (primary N) is 1. The molecule has 1 aromatic heterocycles. The number of ether oxygens (including phenoxy) is 3. The fourth-order valence-corrected chi connectivity index (χ4v) is 2.32. The van der Waals surface area contributed by atoms with Gasteiger partial charge in [-0.25, -0.2) is 9.98 Å². The lowest BCUT2D eigenvalue weighted by atomic mass is 10.3. The number of nitrogens with one attached hydrogen (secondary N) is 1. The van der Waals surface area contributed by atoms with E-state index in [1.54, 1.807) is 18.2 Å². The second-order valence-corrected chi connectivity index (χ2v) is 5.73. The van der Waals surface area contributed by atoms with Crippen LogP contribution in [0.2, 0.25) is 5.02 Å². The highest BCUT2D eigenvalue weighted by atomic mass is 127. The number of methoxy groups -OCH3 is 2. The van der Waals surface area contributed by atoms with Gasteiger partial charge in [0.2, 0.25) is 5.88 Å². The lowest BCUT2D eigenvalue weighted by molar-refractivity contribution is -0.137. The predicted molar refractivity (Wildman–Crippen MR) is 115 cm³/mol. The maximum Gasteiger partial charge on any atom is 0.417 e. The number of rotatable bonds is 7. The number of nitrogens with zero attached hydrogens (tertiary/aromatic N) is 2. The Bertz CT molecular complexity index is 853. The van der Waals surface area contributed by atoms with Crippen molar-refractivity contribution in [2.45, 2.75) is 6.18 Å². The number of hydrogen-bond acceptors (Lipinski definition) is 5. The minimum absolute atomic E-state index is 0. The van der Waals surface area contributed by atoms with Gasteiger partial charge in [-0.1, -0.05) is 11.6 Å². The topological polar surface area (TPSA) is 91.0 Å². The van der Waals surface area contributed by atoms with Crippen LogP contribution in [0.3, 0.4) is 0 Å². The van der Waals surface area contributed by atoms with Gasteiger partial charge in [-0.05, 0) is 18.2 Å². The van der Waals surface area contributed by atoms with Crippen molar-refractivity contribution >= 4 is 47.2 Å². The molecule has 2 rings (SSSR count). The Labute approximate surface area is 187 Å². The number of anilines is 1. The van der Waals surface area contributed by atoms with Crippen LogP contribution < -0.4 is 25.3 Å². The Kier molecular flexibility index (Phi) is 9.56. The SMILES string of the molecule is COc1ccc(NC(N)=NCCOc2ncc(C(F)(F)F)cc2Cl)cc1OC.I. The predicted octanol–water partition coefficient (Wildman–Crippen LogP) is 4.19. The molecule has 0 aliphatic heterocycles. The average Bonchev–Trinajstić information content (AvgIpc) is 2.65. The molecule has 29 heavy (non-hydrogen) atoms. The molecule has 0 aliphatic rings. The van der Waals surface area contributed by atoms with Crippen LogP contribution in [0.25, 0.3) is 0 Å². The molecule has 0 unspecified atom stereocenters. The summed E-state index contributed by atoms with van der Waals surface area (Å²) in [6.45, 7) is 0.150. The summed E-state index contributed by atoms with van der Waals surface area (Å²) in [6.07, 6.45) is -3.87. The molecule has 0 amide bonds. The van der Waals surface area contributed by atoms with Crippen LogP contribution in [0.4, 0.5) is 18.9 Å².